The Morgan fingerprint density at radius 1 is 1.23 bits per heavy atom. The van der Waals surface area contributed by atoms with Gasteiger partial charge in [-0.15, -0.1) is 0 Å². The van der Waals surface area contributed by atoms with Crippen molar-refractivity contribution in [2.45, 2.75) is 65.7 Å². The lowest BCUT2D eigenvalue weighted by Crippen LogP contribution is -2.46. The molecule has 1 heterocycles. The SMILES string of the molecule is COc1cc(C(=O)CC2CCCN(C(=O)OC(C)OC(=O)C(C)(C)N)C2)cc(C)c1C. The number of ketones is 1. The van der Waals surface area contributed by atoms with Gasteiger partial charge in [0.1, 0.15) is 11.3 Å². The molecule has 31 heavy (non-hydrogen) atoms. The molecule has 0 aliphatic carbocycles. The summed E-state index contributed by atoms with van der Waals surface area (Å²) < 4.78 is 15.7. The second-order valence-corrected chi connectivity index (χ2v) is 8.78. The molecule has 1 saturated heterocycles. The molecular formula is C23H34N2O6. The van der Waals surface area contributed by atoms with Gasteiger partial charge < -0.3 is 24.8 Å². The van der Waals surface area contributed by atoms with E-state index in [-0.39, 0.29) is 11.7 Å². The van der Waals surface area contributed by atoms with Crippen molar-refractivity contribution in [3.63, 3.8) is 0 Å². The van der Waals surface area contributed by atoms with Crippen LogP contribution >= 0.6 is 0 Å². The van der Waals surface area contributed by atoms with Crippen molar-refractivity contribution in [2.24, 2.45) is 11.7 Å². The van der Waals surface area contributed by atoms with Gasteiger partial charge in [-0.2, -0.15) is 0 Å². The molecule has 2 rings (SSSR count). The molecule has 1 aliphatic rings. The van der Waals surface area contributed by atoms with Crippen LogP contribution in [0.25, 0.3) is 0 Å². The largest absolute Gasteiger partial charge is 0.496 e. The van der Waals surface area contributed by atoms with Crippen LogP contribution in [-0.4, -0.2) is 54.8 Å². The zero-order valence-electron chi connectivity index (χ0n) is 19.3. The maximum Gasteiger partial charge on any atom is 0.412 e. The number of Topliss-reactive ketones (excluding diaryl/α,β-unsaturated/α-hetero) is 1. The fraction of sp³-hybridized carbons (Fsp3) is 0.609. The van der Waals surface area contributed by atoms with Crippen LogP contribution in [0.1, 0.15) is 61.5 Å². The van der Waals surface area contributed by atoms with Gasteiger partial charge in [-0.25, -0.2) is 9.59 Å². The number of aryl methyl sites for hydroxylation is 1. The molecule has 0 spiro atoms. The summed E-state index contributed by atoms with van der Waals surface area (Å²) in [5, 5.41) is 0. The third kappa shape index (κ3) is 6.69. The second-order valence-electron chi connectivity index (χ2n) is 8.78. The van der Waals surface area contributed by atoms with Crippen LogP contribution < -0.4 is 10.5 Å². The molecule has 0 radical (unpaired) electrons. The highest BCUT2D eigenvalue weighted by Gasteiger charge is 2.30. The fourth-order valence-corrected chi connectivity index (χ4v) is 3.52. The van der Waals surface area contributed by atoms with E-state index < -0.39 is 23.9 Å². The number of likely N-dealkylation sites (tertiary alicyclic amines) is 1. The zero-order chi connectivity index (χ0) is 23.3. The van der Waals surface area contributed by atoms with Gasteiger partial charge in [-0.1, -0.05) is 0 Å². The molecular weight excluding hydrogens is 400 g/mol. The molecule has 0 saturated carbocycles. The minimum atomic E-state index is -1.17. The van der Waals surface area contributed by atoms with E-state index in [1.54, 1.807) is 18.1 Å². The van der Waals surface area contributed by atoms with E-state index in [0.717, 1.165) is 24.0 Å². The lowest BCUT2D eigenvalue weighted by molar-refractivity contribution is -0.171. The number of nitrogens with two attached hydrogens (primary N) is 1. The summed E-state index contributed by atoms with van der Waals surface area (Å²) in [6, 6.07) is 3.65. The predicted molar refractivity (Wildman–Crippen MR) is 116 cm³/mol. The Morgan fingerprint density at radius 2 is 1.90 bits per heavy atom. The minimum absolute atomic E-state index is 0.0223. The Hall–Kier alpha value is -2.61. The first-order valence-corrected chi connectivity index (χ1v) is 10.6. The van der Waals surface area contributed by atoms with Crippen LogP contribution in [0.3, 0.4) is 0 Å². The standard InChI is InChI=1S/C23H34N2O6/c1-14-10-18(12-20(29-6)15(14)2)19(26)11-17-8-7-9-25(13-17)22(28)31-16(3)30-21(27)23(4,5)24/h10,12,16-17H,7-9,11,13,24H2,1-6H3. The Kier molecular flexibility index (Phi) is 8.06. The third-order valence-corrected chi connectivity index (χ3v) is 5.48. The van der Waals surface area contributed by atoms with E-state index in [4.69, 9.17) is 19.9 Å². The number of ether oxygens (including phenoxy) is 3. The number of piperidine rings is 1. The van der Waals surface area contributed by atoms with Crippen molar-refractivity contribution in [1.82, 2.24) is 4.90 Å². The minimum Gasteiger partial charge on any atom is -0.496 e. The Bertz CT molecular complexity index is 830. The number of nitrogens with zero attached hydrogens (tertiary/aromatic N) is 1. The number of hydrogen-bond donors (Lipinski definition) is 1. The van der Waals surface area contributed by atoms with Gasteiger partial charge in [0.2, 0.25) is 6.29 Å². The van der Waals surface area contributed by atoms with Crippen molar-refractivity contribution >= 4 is 17.8 Å². The lowest BCUT2D eigenvalue weighted by atomic mass is 9.90. The highest BCUT2D eigenvalue weighted by atomic mass is 16.7. The van der Waals surface area contributed by atoms with Crippen molar-refractivity contribution in [3.8, 4) is 5.75 Å². The Morgan fingerprint density at radius 3 is 2.52 bits per heavy atom. The van der Waals surface area contributed by atoms with Crippen LogP contribution in [0.5, 0.6) is 5.75 Å². The number of rotatable bonds is 7. The summed E-state index contributed by atoms with van der Waals surface area (Å²) in [6.45, 7) is 9.36. The van der Waals surface area contributed by atoms with Crippen molar-refractivity contribution < 1.29 is 28.6 Å². The fourth-order valence-electron chi connectivity index (χ4n) is 3.52. The molecule has 1 fully saturated rings. The molecule has 2 atom stereocenters. The van der Waals surface area contributed by atoms with E-state index in [0.29, 0.717) is 30.8 Å². The van der Waals surface area contributed by atoms with E-state index in [9.17, 15) is 14.4 Å². The molecule has 1 aromatic rings. The number of amides is 1. The topological polar surface area (TPSA) is 108 Å². The van der Waals surface area contributed by atoms with Crippen molar-refractivity contribution in [3.05, 3.63) is 28.8 Å². The molecule has 1 amide bonds. The summed E-state index contributed by atoms with van der Waals surface area (Å²) in [5.74, 6) is 0.0939. The molecule has 8 heteroatoms. The number of carbonyl (C=O) groups is 3. The molecule has 0 bridgehead atoms. The van der Waals surface area contributed by atoms with Crippen molar-refractivity contribution in [1.29, 1.82) is 0 Å². The highest BCUT2D eigenvalue weighted by molar-refractivity contribution is 5.97. The first-order chi connectivity index (χ1) is 14.4. The number of hydrogen-bond acceptors (Lipinski definition) is 7. The van der Waals surface area contributed by atoms with Crippen LogP contribution in [0.4, 0.5) is 4.79 Å². The molecule has 8 nitrogen and oxygen atoms in total. The second kappa shape index (κ2) is 10.1. The maximum atomic E-state index is 12.9. The number of esters is 1. The van der Waals surface area contributed by atoms with Crippen molar-refractivity contribution in [2.75, 3.05) is 20.2 Å². The smallest absolute Gasteiger partial charge is 0.412 e. The van der Waals surface area contributed by atoms with Crippen LogP contribution in [0, 0.1) is 19.8 Å². The number of methoxy groups -OCH3 is 1. The van der Waals surface area contributed by atoms with E-state index in [2.05, 4.69) is 0 Å². The maximum absolute atomic E-state index is 12.9. The van der Waals surface area contributed by atoms with Gasteiger partial charge >= 0.3 is 12.1 Å². The quantitative estimate of drug-likeness (QED) is 0.398. The average molecular weight is 435 g/mol. The predicted octanol–water partition coefficient (Wildman–Crippen LogP) is 3.36. The van der Waals surface area contributed by atoms with Gasteiger partial charge in [-0.3, -0.25) is 4.79 Å². The highest BCUT2D eigenvalue weighted by Crippen LogP contribution is 2.27. The molecule has 2 unspecified atom stereocenters. The van der Waals surface area contributed by atoms with Crippen LogP contribution in [0.15, 0.2) is 12.1 Å². The van der Waals surface area contributed by atoms with E-state index >= 15 is 0 Å². The average Bonchev–Trinajstić information content (AvgIpc) is 2.69. The van der Waals surface area contributed by atoms with Crippen LogP contribution in [0.2, 0.25) is 0 Å². The molecule has 2 N–H and O–H groups in total. The Balaban J connectivity index is 1.95. The third-order valence-electron chi connectivity index (χ3n) is 5.48. The molecule has 172 valence electrons. The summed E-state index contributed by atoms with van der Waals surface area (Å²) >= 11 is 0. The Labute approximate surface area is 184 Å². The van der Waals surface area contributed by atoms with Gasteiger partial charge in [0.25, 0.3) is 0 Å². The molecule has 1 aromatic carbocycles. The number of carbonyl (C=O) groups excluding carboxylic acids is 3. The lowest BCUT2D eigenvalue weighted by Gasteiger charge is -2.32. The number of benzene rings is 1. The zero-order valence-corrected chi connectivity index (χ0v) is 19.3. The van der Waals surface area contributed by atoms with E-state index in [1.165, 1.54) is 20.8 Å². The van der Waals surface area contributed by atoms with Gasteiger partial charge in [0.05, 0.1) is 7.11 Å². The molecule has 1 aliphatic heterocycles. The van der Waals surface area contributed by atoms with Gasteiger partial charge in [-0.05, 0) is 69.7 Å². The van der Waals surface area contributed by atoms with Gasteiger partial charge in [0, 0.05) is 32.0 Å². The summed E-state index contributed by atoms with van der Waals surface area (Å²) in [7, 11) is 1.59. The normalized spacial score (nSPS) is 17.6. The molecule has 0 aromatic heterocycles. The first kappa shape index (κ1) is 24.7. The monoisotopic (exact) mass is 434 g/mol. The van der Waals surface area contributed by atoms with E-state index in [1.807, 2.05) is 19.9 Å². The summed E-state index contributed by atoms with van der Waals surface area (Å²) in [6.07, 6.45) is 0.339. The van der Waals surface area contributed by atoms with Crippen LogP contribution in [-0.2, 0) is 14.3 Å². The first-order valence-electron chi connectivity index (χ1n) is 10.6. The van der Waals surface area contributed by atoms with Gasteiger partial charge in [0.15, 0.2) is 5.78 Å². The summed E-state index contributed by atoms with van der Waals surface area (Å²) in [4.78, 5) is 38.7. The summed E-state index contributed by atoms with van der Waals surface area (Å²) in [5.41, 5.74) is 7.14.